The zero-order valence-corrected chi connectivity index (χ0v) is 23.6. The van der Waals surface area contributed by atoms with Crippen LogP contribution in [0, 0.1) is 0 Å². The van der Waals surface area contributed by atoms with Gasteiger partial charge in [-0.3, -0.25) is 0 Å². The van der Waals surface area contributed by atoms with Crippen LogP contribution in [0.3, 0.4) is 0 Å². The summed E-state index contributed by atoms with van der Waals surface area (Å²) in [5, 5.41) is 10.7. The van der Waals surface area contributed by atoms with E-state index in [1.54, 1.807) is 16.7 Å². The van der Waals surface area contributed by atoms with E-state index in [0.29, 0.717) is 18.5 Å². The monoisotopic (exact) mass is 535 g/mol. The zero-order chi connectivity index (χ0) is 27.7. The largest absolute Gasteiger partial charge is 0.465 e. The second-order valence-electron chi connectivity index (χ2n) is 9.94. The Balaban J connectivity index is 1.73. The first-order chi connectivity index (χ1) is 18.1. The molecule has 1 atom stereocenters. The van der Waals surface area contributed by atoms with Gasteiger partial charge in [0.1, 0.15) is 5.60 Å². The molecule has 0 unspecified atom stereocenters. The minimum atomic E-state index is -0.811. The highest BCUT2D eigenvalue weighted by Crippen LogP contribution is 2.30. The molecule has 0 aliphatic heterocycles. The maximum Gasteiger partial charge on any atom is 0.410 e. The Morgan fingerprint density at radius 2 is 1.63 bits per heavy atom. The first kappa shape index (κ1) is 29.3. The van der Waals surface area contributed by atoms with E-state index >= 15 is 0 Å². The minimum absolute atomic E-state index is 0.140. The van der Waals surface area contributed by atoms with Crippen LogP contribution in [0.15, 0.2) is 77.7 Å². The predicted molar refractivity (Wildman–Crippen MR) is 153 cm³/mol. The van der Waals surface area contributed by atoms with Crippen LogP contribution in [0.2, 0.25) is 0 Å². The molecule has 38 heavy (non-hydrogen) atoms. The number of aliphatic hydroxyl groups is 1. The number of benzene rings is 3. The Kier molecular flexibility index (Phi) is 10.4. The van der Waals surface area contributed by atoms with Crippen molar-refractivity contribution >= 4 is 23.8 Å². The highest BCUT2D eigenvalue weighted by Gasteiger charge is 2.24. The van der Waals surface area contributed by atoms with E-state index < -0.39 is 17.8 Å². The molecule has 202 valence electrons. The average molecular weight is 536 g/mol. The Hall–Kier alpha value is -3.29. The number of rotatable bonds is 10. The number of amides is 1. The van der Waals surface area contributed by atoms with E-state index in [2.05, 4.69) is 0 Å². The lowest BCUT2D eigenvalue weighted by atomic mass is 10.0. The van der Waals surface area contributed by atoms with Crippen LogP contribution < -0.4 is 0 Å². The molecule has 0 saturated carbocycles. The Bertz CT molecular complexity index is 1210. The van der Waals surface area contributed by atoms with Gasteiger partial charge < -0.3 is 19.5 Å². The van der Waals surface area contributed by atoms with Crippen LogP contribution >= 0.6 is 11.8 Å². The van der Waals surface area contributed by atoms with Gasteiger partial charge >= 0.3 is 12.1 Å². The topological polar surface area (TPSA) is 76.1 Å². The van der Waals surface area contributed by atoms with Crippen molar-refractivity contribution in [1.29, 1.82) is 0 Å². The van der Waals surface area contributed by atoms with E-state index in [9.17, 15) is 14.7 Å². The number of nitrogens with zero attached hydrogens (tertiary/aromatic N) is 1. The quantitative estimate of drug-likeness (QED) is 0.228. The fourth-order valence-corrected chi connectivity index (χ4v) is 4.78. The van der Waals surface area contributed by atoms with E-state index in [1.165, 1.54) is 7.11 Å². The van der Waals surface area contributed by atoms with Gasteiger partial charge in [-0.15, -0.1) is 11.8 Å². The van der Waals surface area contributed by atoms with Crippen molar-refractivity contribution in [3.63, 3.8) is 0 Å². The molecule has 0 saturated heterocycles. The minimum Gasteiger partial charge on any atom is -0.465 e. The van der Waals surface area contributed by atoms with E-state index in [-0.39, 0.29) is 12.5 Å². The number of carbonyl (C=O) groups excluding carboxylic acids is 2. The molecular weight excluding hydrogens is 498 g/mol. The van der Waals surface area contributed by atoms with Crippen LogP contribution in [0.25, 0.3) is 11.1 Å². The third kappa shape index (κ3) is 8.36. The summed E-state index contributed by atoms with van der Waals surface area (Å²) >= 11 is 1.61. The molecule has 0 aliphatic carbocycles. The smallest absolute Gasteiger partial charge is 0.410 e. The van der Waals surface area contributed by atoms with Gasteiger partial charge in [0, 0.05) is 11.4 Å². The number of methoxy groups -OCH3 is 1. The van der Waals surface area contributed by atoms with Crippen molar-refractivity contribution < 1.29 is 24.2 Å². The first-order valence-corrected chi connectivity index (χ1v) is 13.7. The SMILES string of the molecule is CCSc1cc(-c2ccc(CCN(C[C@H](O)c3ccccc3)C(=O)OC(C)(C)C)cc2)ccc1C(=O)OC. The molecule has 1 N–H and O–H groups in total. The van der Waals surface area contributed by atoms with Gasteiger partial charge in [0.05, 0.1) is 25.3 Å². The summed E-state index contributed by atoms with van der Waals surface area (Å²) in [7, 11) is 1.39. The summed E-state index contributed by atoms with van der Waals surface area (Å²) < 4.78 is 10.5. The lowest BCUT2D eigenvalue weighted by molar-refractivity contribution is 0.0147. The fraction of sp³-hybridized carbons (Fsp3) is 0.355. The molecule has 0 spiro atoms. The average Bonchev–Trinajstić information content (AvgIpc) is 2.90. The third-order valence-corrected chi connectivity index (χ3v) is 6.81. The summed E-state index contributed by atoms with van der Waals surface area (Å²) in [6.45, 7) is 8.09. The molecule has 3 aromatic carbocycles. The maximum absolute atomic E-state index is 12.9. The molecule has 0 fully saturated rings. The number of carbonyl (C=O) groups is 2. The maximum atomic E-state index is 12.9. The Morgan fingerprint density at radius 3 is 2.24 bits per heavy atom. The summed E-state index contributed by atoms with van der Waals surface area (Å²) in [6.07, 6.45) is -0.649. The second-order valence-corrected chi connectivity index (χ2v) is 11.2. The highest BCUT2D eigenvalue weighted by molar-refractivity contribution is 7.99. The molecule has 0 aliphatic rings. The van der Waals surface area contributed by atoms with Gasteiger partial charge in [-0.1, -0.05) is 67.6 Å². The number of ether oxygens (including phenoxy) is 2. The zero-order valence-electron chi connectivity index (χ0n) is 22.8. The fourth-order valence-electron chi connectivity index (χ4n) is 3.96. The van der Waals surface area contributed by atoms with Crippen LogP contribution in [-0.2, 0) is 15.9 Å². The van der Waals surface area contributed by atoms with Gasteiger partial charge in [-0.2, -0.15) is 0 Å². The van der Waals surface area contributed by atoms with Crippen LogP contribution in [0.5, 0.6) is 0 Å². The second kappa shape index (κ2) is 13.5. The van der Waals surface area contributed by atoms with Crippen molar-refractivity contribution in [1.82, 2.24) is 4.90 Å². The van der Waals surface area contributed by atoms with E-state index in [0.717, 1.165) is 32.9 Å². The third-order valence-electron chi connectivity index (χ3n) is 5.87. The number of hydrogen-bond donors (Lipinski definition) is 1. The van der Waals surface area contributed by atoms with Gasteiger partial charge in [0.15, 0.2) is 0 Å². The molecule has 0 heterocycles. The van der Waals surface area contributed by atoms with Crippen molar-refractivity contribution in [3.8, 4) is 11.1 Å². The molecule has 6 nitrogen and oxygen atoms in total. The normalized spacial score (nSPS) is 12.1. The Labute approximate surface area is 230 Å². The van der Waals surface area contributed by atoms with Gasteiger partial charge in [-0.05, 0) is 67.3 Å². The number of aliphatic hydroxyl groups excluding tert-OH is 1. The molecule has 0 radical (unpaired) electrons. The van der Waals surface area contributed by atoms with E-state index in [1.807, 2.05) is 100 Å². The van der Waals surface area contributed by atoms with Crippen LogP contribution in [-0.4, -0.2) is 53.6 Å². The summed E-state index contributed by atoms with van der Waals surface area (Å²) in [6, 6.07) is 23.2. The van der Waals surface area contributed by atoms with Crippen molar-refractivity contribution in [2.75, 3.05) is 26.0 Å². The van der Waals surface area contributed by atoms with Crippen molar-refractivity contribution in [3.05, 3.63) is 89.5 Å². The van der Waals surface area contributed by atoms with E-state index in [4.69, 9.17) is 9.47 Å². The number of thioether (sulfide) groups is 1. The highest BCUT2D eigenvalue weighted by atomic mass is 32.2. The standard InChI is InChI=1S/C31H37NO5S/c1-6-38-28-20-25(16-17-26(28)29(34)36-5)23-14-12-22(13-15-23)18-19-32(30(35)37-31(2,3)4)21-27(33)24-10-8-7-9-11-24/h7-17,20,27,33H,6,18-19,21H2,1-5H3/t27-/m0/s1. The summed E-state index contributed by atoms with van der Waals surface area (Å²) in [5.74, 6) is 0.509. The van der Waals surface area contributed by atoms with Crippen molar-refractivity contribution in [2.24, 2.45) is 0 Å². The summed E-state index contributed by atoms with van der Waals surface area (Å²) in [5.41, 5.74) is 3.80. The van der Waals surface area contributed by atoms with Crippen LogP contribution in [0.4, 0.5) is 4.79 Å². The molecule has 0 bridgehead atoms. The molecule has 1 amide bonds. The van der Waals surface area contributed by atoms with Crippen molar-refractivity contribution in [2.45, 2.75) is 50.7 Å². The summed E-state index contributed by atoms with van der Waals surface area (Å²) in [4.78, 5) is 27.5. The molecule has 3 rings (SSSR count). The lowest BCUT2D eigenvalue weighted by Gasteiger charge is -2.29. The number of esters is 1. The molecular formula is C31H37NO5S. The van der Waals surface area contributed by atoms with Gasteiger partial charge in [0.25, 0.3) is 0 Å². The predicted octanol–water partition coefficient (Wildman–Crippen LogP) is 6.77. The number of hydrogen-bond acceptors (Lipinski definition) is 6. The first-order valence-electron chi connectivity index (χ1n) is 12.8. The molecule has 7 heteroatoms. The van der Waals surface area contributed by atoms with Crippen LogP contribution in [0.1, 0.15) is 55.3 Å². The Morgan fingerprint density at radius 1 is 0.974 bits per heavy atom. The molecule has 3 aromatic rings. The molecule has 0 aromatic heterocycles. The lowest BCUT2D eigenvalue weighted by Crippen LogP contribution is -2.40. The van der Waals surface area contributed by atoms with Gasteiger partial charge in [0.2, 0.25) is 0 Å². The van der Waals surface area contributed by atoms with Gasteiger partial charge in [-0.25, -0.2) is 9.59 Å².